The lowest BCUT2D eigenvalue weighted by molar-refractivity contribution is 0.627. The van der Waals surface area contributed by atoms with Gasteiger partial charge in [0.15, 0.2) is 0 Å². The molecular formula is C10H13ClN2. The SMILES string of the molecule is C=C(C)C(NN)c1ccccc1Cl. The fourth-order valence-corrected chi connectivity index (χ4v) is 1.45. The van der Waals surface area contributed by atoms with Crippen molar-refractivity contribution in [2.24, 2.45) is 5.84 Å². The predicted molar refractivity (Wildman–Crippen MR) is 56.3 cm³/mol. The standard InChI is InChI=1S/C10H13ClN2/c1-7(2)10(13-12)8-5-3-4-6-9(8)11/h3-6,10,13H,1,12H2,2H3. The van der Waals surface area contributed by atoms with Gasteiger partial charge in [0.25, 0.3) is 0 Å². The average Bonchev–Trinajstić information content (AvgIpc) is 2.09. The van der Waals surface area contributed by atoms with E-state index in [1.165, 1.54) is 0 Å². The Morgan fingerprint density at radius 3 is 2.62 bits per heavy atom. The molecule has 0 saturated carbocycles. The zero-order valence-electron chi connectivity index (χ0n) is 7.55. The third kappa shape index (κ3) is 2.31. The molecule has 1 atom stereocenters. The minimum Gasteiger partial charge on any atom is -0.271 e. The lowest BCUT2D eigenvalue weighted by Crippen LogP contribution is -2.28. The van der Waals surface area contributed by atoms with Crippen LogP contribution in [0.4, 0.5) is 0 Å². The van der Waals surface area contributed by atoms with Crippen molar-refractivity contribution in [2.45, 2.75) is 13.0 Å². The molecule has 0 heterocycles. The second-order valence-electron chi connectivity index (χ2n) is 2.97. The summed E-state index contributed by atoms with van der Waals surface area (Å²) in [5, 5.41) is 0.702. The minimum absolute atomic E-state index is 0.0753. The maximum Gasteiger partial charge on any atom is 0.0679 e. The quantitative estimate of drug-likeness (QED) is 0.443. The number of halogens is 1. The van der Waals surface area contributed by atoms with E-state index in [2.05, 4.69) is 12.0 Å². The first-order valence-electron chi connectivity index (χ1n) is 4.02. The Kier molecular flexibility index (Phi) is 3.48. The molecule has 0 aromatic heterocycles. The topological polar surface area (TPSA) is 38.0 Å². The Labute approximate surface area is 83.4 Å². The van der Waals surface area contributed by atoms with Gasteiger partial charge in [0, 0.05) is 5.02 Å². The van der Waals surface area contributed by atoms with Crippen molar-refractivity contribution < 1.29 is 0 Å². The molecule has 0 aliphatic heterocycles. The lowest BCUT2D eigenvalue weighted by atomic mass is 10.0. The van der Waals surface area contributed by atoms with Crippen LogP contribution in [0.1, 0.15) is 18.5 Å². The summed E-state index contributed by atoms with van der Waals surface area (Å²) >= 11 is 6.01. The van der Waals surface area contributed by atoms with Crippen LogP contribution in [0.15, 0.2) is 36.4 Å². The van der Waals surface area contributed by atoms with E-state index in [0.29, 0.717) is 5.02 Å². The van der Waals surface area contributed by atoms with Crippen molar-refractivity contribution in [3.63, 3.8) is 0 Å². The van der Waals surface area contributed by atoms with E-state index >= 15 is 0 Å². The Bertz CT molecular complexity index is 310. The summed E-state index contributed by atoms with van der Waals surface area (Å²) in [5.74, 6) is 5.41. The van der Waals surface area contributed by atoms with Crippen molar-refractivity contribution in [3.8, 4) is 0 Å². The molecule has 0 aliphatic rings. The highest BCUT2D eigenvalue weighted by molar-refractivity contribution is 6.31. The lowest BCUT2D eigenvalue weighted by Gasteiger charge is -2.17. The van der Waals surface area contributed by atoms with E-state index in [9.17, 15) is 0 Å². The van der Waals surface area contributed by atoms with Gasteiger partial charge in [-0.25, -0.2) is 5.43 Å². The van der Waals surface area contributed by atoms with Crippen LogP contribution in [-0.4, -0.2) is 0 Å². The highest BCUT2D eigenvalue weighted by atomic mass is 35.5. The molecule has 3 N–H and O–H groups in total. The van der Waals surface area contributed by atoms with Crippen LogP contribution < -0.4 is 11.3 Å². The Morgan fingerprint density at radius 1 is 1.54 bits per heavy atom. The summed E-state index contributed by atoms with van der Waals surface area (Å²) in [6, 6.07) is 7.51. The van der Waals surface area contributed by atoms with Crippen molar-refractivity contribution in [1.29, 1.82) is 0 Å². The van der Waals surface area contributed by atoms with Gasteiger partial charge < -0.3 is 0 Å². The molecule has 1 aromatic carbocycles. The van der Waals surface area contributed by atoms with Crippen LogP contribution in [0.5, 0.6) is 0 Å². The molecule has 1 rings (SSSR count). The summed E-state index contributed by atoms with van der Waals surface area (Å²) in [6.07, 6.45) is 0. The number of rotatable bonds is 3. The molecule has 1 aromatic rings. The molecule has 13 heavy (non-hydrogen) atoms. The number of hydrazine groups is 1. The van der Waals surface area contributed by atoms with E-state index in [1.54, 1.807) is 0 Å². The molecule has 0 radical (unpaired) electrons. The van der Waals surface area contributed by atoms with E-state index < -0.39 is 0 Å². The third-order valence-electron chi connectivity index (χ3n) is 1.88. The Morgan fingerprint density at radius 2 is 2.15 bits per heavy atom. The number of nitrogens with two attached hydrogens (primary N) is 1. The largest absolute Gasteiger partial charge is 0.271 e. The second-order valence-corrected chi connectivity index (χ2v) is 3.37. The monoisotopic (exact) mass is 196 g/mol. The third-order valence-corrected chi connectivity index (χ3v) is 2.22. The highest BCUT2D eigenvalue weighted by Gasteiger charge is 2.12. The van der Waals surface area contributed by atoms with Gasteiger partial charge in [-0.1, -0.05) is 42.0 Å². The molecule has 70 valence electrons. The van der Waals surface area contributed by atoms with E-state index in [1.807, 2.05) is 31.2 Å². The van der Waals surface area contributed by atoms with Gasteiger partial charge in [0.1, 0.15) is 0 Å². The zero-order chi connectivity index (χ0) is 9.84. The van der Waals surface area contributed by atoms with Gasteiger partial charge in [-0.05, 0) is 18.6 Å². The second kappa shape index (κ2) is 4.42. The Balaban J connectivity index is 3.04. The van der Waals surface area contributed by atoms with Crippen molar-refractivity contribution >= 4 is 11.6 Å². The van der Waals surface area contributed by atoms with Crippen LogP contribution in [0.3, 0.4) is 0 Å². The first kappa shape index (κ1) is 10.3. The van der Waals surface area contributed by atoms with Crippen LogP contribution in [0, 0.1) is 0 Å². The molecule has 0 aliphatic carbocycles. The van der Waals surface area contributed by atoms with E-state index in [4.69, 9.17) is 17.4 Å². The van der Waals surface area contributed by atoms with Crippen LogP contribution in [0.25, 0.3) is 0 Å². The van der Waals surface area contributed by atoms with Gasteiger partial charge >= 0.3 is 0 Å². The van der Waals surface area contributed by atoms with Gasteiger partial charge in [-0.3, -0.25) is 5.84 Å². The van der Waals surface area contributed by atoms with E-state index in [0.717, 1.165) is 11.1 Å². The number of nitrogens with one attached hydrogen (secondary N) is 1. The van der Waals surface area contributed by atoms with Crippen LogP contribution >= 0.6 is 11.6 Å². The van der Waals surface area contributed by atoms with E-state index in [-0.39, 0.29) is 6.04 Å². The predicted octanol–water partition coefficient (Wildman–Crippen LogP) is 2.42. The summed E-state index contributed by atoms with van der Waals surface area (Å²) in [6.45, 7) is 5.75. The summed E-state index contributed by atoms with van der Waals surface area (Å²) in [5.41, 5.74) is 4.57. The summed E-state index contributed by atoms with van der Waals surface area (Å²) < 4.78 is 0. The maximum atomic E-state index is 6.01. The smallest absolute Gasteiger partial charge is 0.0679 e. The summed E-state index contributed by atoms with van der Waals surface area (Å²) in [4.78, 5) is 0. The van der Waals surface area contributed by atoms with Crippen molar-refractivity contribution in [1.82, 2.24) is 5.43 Å². The van der Waals surface area contributed by atoms with Crippen molar-refractivity contribution in [3.05, 3.63) is 47.0 Å². The first-order valence-corrected chi connectivity index (χ1v) is 4.40. The van der Waals surface area contributed by atoms with Gasteiger partial charge in [0.2, 0.25) is 0 Å². The maximum absolute atomic E-state index is 6.01. The molecule has 2 nitrogen and oxygen atoms in total. The van der Waals surface area contributed by atoms with Gasteiger partial charge in [0.05, 0.1) is 6.04 Å². The molecule has 0 fully saturated rings. The number of hydrogen-bond acceptors (Lipinski definition) is 2. The van der Waals surface area contributed by atoms with Crippen LogP contribution in [-0.2, 0) is 0 Å². The fourth-order valence-electron chi connectivity index (χ4n) is 1.21. The molecule has 0 saturated heterocycles. The van der Waals surface area contributed by atoms with Gasteiger partial charge in [-0.2, -0.15) is 0 Å². The van der Waals surface area contributed by atoms with Crippen molar-refractivity contribution in [2.75, 3.05) is 0 Å². The number of benzene rings is 1. The number of hydrogen-bond donors (Lipinski definition) is 2. The first-order chi connectivity index (χ1) is 6.16. The Hall–Kier alpha value is -0.830. The fraction of sp³-hybridized carbons (Fsp3) is 0.200. The van der Waals surface area contributed by atoms with Gasteiger partial charge in [-0.15, -0.1) is 0 Å². The molecule has 0 spiro atoms. The minimum atomic E-state index is -0.0753. The molecule has 0 bridgehead atoms. The molecular weight excluding hydrogens is 184 g/mol. The van der Waals surface area contributed by atoms with Crippen LogP contribution in [0.2, 0.25) is 5.02 Å². The highest BCUT2D eigenvalue weighted by Crippen LogP contribution is 2.25. The molecule has 0 amide bonds. The molecule has 1 unspecified atom stereocenters. The zero-order valence-corrected chi connectivity index (χ0v) is 8.31. The summed E-state index contributed by atoms with van der Waals surface area (Å²) in [7, 11) is 0. The normalized spacial score (nSPS) is 12.5. The molecule has 3 heteroatoms. The average molecular weight is 197 g/mol.